The molecule has 0 spiro atoms. The van der Waals surface area contributed by atoms with Crippen molar-refractivity contribution in [1.29, 1.82) is 0 Å². The number of likely N-dealkylation sites (N-methyl/N-ethyl adjacent to an activating group) is 1. The fourth-order valence-corrected chi connectivity index (χ4v) is 6.40. The van der Waals surface area contributed by atoms with Crippen LogP contribution in [0.25, 0.3) is 21.8 Å². The van der Waals surface area contributed by atoms with Crippen LogP contribution in [0, 0.1) is 5.92 Å². The molecule has 12 nitrogen and oxygen atoms in total. The Hall–Kier alpha value is -4.16. The number of piperidine rings is 1. The van der Waals surface area contributed by atoms with E-state index < -0.39 is 0 Å². The van der Waals surface area contributed by atoms with Crippen LogP contribution >= 0.6 is 0 Å². The first-order chi connectivity index (χ1) is 20.2. The Bertz CT molecular complexity index is 1790. The molecule has 0 aromatic carbocycles. The van der Waals surface area contributed by atoms with Gasteiger partial charge in [-0.1, -0.05) is 0 Å². The predicted octanol–water partition coefficient (Wildman–Crippen LogP) is 1.18. The molecule has 6 heterocycles. The summed E-state index contributed by atoms with van der Waals surface area (Å²) in [5.41, 5.74) is 1.49. The number of hydrogen-bond acceptors (Lipinski definition) is 6. The molecule has 2 aliphatic rings. The summed E-state index contributed by atoms with van der Waals surface area (Å²) < 4.78 is 2.88. The molecule has 4 aromatic heterocycles. The van der Waals surface area contributed by atoms with E-state index in [2.05, 4.69) is 14.9 Å². The van der Waals surface area contributed by atoms with Gasteiger partial charge < -0.3 is 38.9 Å². The van der Waals surface area contributed by atoms with Crippen LogP contribution in [0.3, 0.4) is 0 Å². The number of rotatable bonds is 6. The second-order valence-electron chi connectivity index (χ2n) is 11.8. The van der Waals surface area contributed by atoms with Crippen molar-refractivity contribution in [3.8, 4) is 0 Å². The number of fused-ring (bicyclic) bond motifs is 2. The van der Waals surface area contributed by atoms with E-state index in [0.717, 1.165) is 19.3 Å². The minimum absolute atomic E-state index is 0.0639. The summed E-state index contributed by atoms with van der Waals surface area (Å²) in [6.45, 7) is 2.47. The molecule has 12 heteroatoms. The second kappa shape index (κ2) is 10.9. The van der Waals surface area contributed by atoms with Gasteiger partial charge in [-0.3, -0.25) is 19.2 Å². The van der Waals surface area contributed by atoms with Crippen molar-refractivity contribution in [2.75, 3.05) is 46.9 Å². The van der Waals surface area contributed by atoms with Crippen LogP contribution in [-0.4, -0.2) is 104 Å². The van der Waals surface area contributed by atoms with Crippen molar-refractivity contribution in [3.05, 3.63) is 68.3 Å². The van der Waals surface area contributed by atoms with Crippen molar-refractivity contribution in [1.82, 2.24) is 33.8 Å². The molecule has 2 amide bonds. The Morgan fingerprint density at radius 2 is 1.67 bits per heavy atom. The van der Waals surface area contributed by atoms with E-state index in [-0.39, 0.29) is 48.0 Å². The van der Waals surface area contributed by atoms with Crippen LogP contribution in [0.4, 0.5) is 0 Å². The summed E-state index contributed by atoms with van der Waals surface area (Å²) in [6, 6.07) is 2.00. The number of aryl methyl sites for hydroxylation is 1. The first-order valence-electron chi connectivity index (χ1n) is 14.4. The lowest BCUT2D eigenvalue weighted by atomic mass is 9.97. The standard InChI is InChI=1S/C30H37N7O5/c1-33(2)20-7-11-36(14-20)28(40)23-15-34(3)29(41)26-24(23)19(12-32-26)13-37-16-22(21-4-8-31-25(21)30(37)42)27(39)35-9-5-18(17-38)6-10-35/h4,8,12,15-16,18,20,31-32,38H,5-7,9-11,13-14,17H2,1-3H3. The van der Waals surface area contributed by atoms with Gasteiger partial charge in [0.1, 0.15) is 11.0 Å². The first-order valence-corrected chi connectivity index (χ1v) is 14.4. The molecule has 6 rings (SSSR count). The number of aliphatic hydroxyl groups excluding tert-OH is 1. The molecular weight excluding hydrogens is 538 g/mol. The molecule has 2 aliphatic heterocycles. The van der Waals surface area contributed by atoms with Crippen LogP contribution < -0.4 is 11.1 Å². The quantitative estimate of drug-likeness (QED) is 0.316. The third kappa shape index (κ3) is 4.74. The molecule has 2 saturated heterocycles. The number of hydrogen-bond donors (Lipinski definition) is 3. The highest BCUT2D eigenvalue weighted by molar-refractivity contribution is 6.08. The van der Waals surface area contributed by atoms with Gasteiger partial charge in [-0.25, -0.2) is 0 Å². The SMILES string of the molecule is CN(C)C1CCN(C(=O)c2cn(C)c(=O)c3[nH]cc(Cn4cc(C(=O)N5CCC(CO)CC5)c5cc[nH]c5c4=O)c23)C1. The van der Waals surface area contributed by atoms with Crippen LogP contribution in [0.1, 0.15) is 45.5 Å². The van der Waals surface area contributed by atoms with Crippen molar-refractivity contribution in [2.24, 2.45) is 13.0 Å². The van der Waals surface area contributed by atoms with Crippen LogP contribution in [-0.2, 0) is 13.6 Å². The number of carbonyl (C=O) groups excluding carboxylic acids is 2. The summed E-state index contributed by atoms with van der Waals surface area (Å²) in [4.78, 5) is 65.8. The third-order valence-electron chi connectivity index (χ3n) is 9.03. The zero-order valence-corrected chi connectivity index (χ0v) is 24.2. The lowest BCUT2D eigenvalue weighted by Gasteiger charge is -2.31. The molecule has 1 unspecified atom stereocenters. The number of aliphatic hydroxyl groups is 1. The first kappa shape index (κ1) is 28.0. The Morgan fingerprint density at radius 3 is 2.36 bits per heavy atom. The Kier molecular flexibility index (Phi) is 7.27. The maximum atomic E-state index is 13.8. The van der Waals surface area contributed by atoms with Gasteiger partial charge in [0.15, 0.2) is 0 Å². The van der Waals surface area contributed by atoms with Gasteiger partial charge in [0.25, 0.3) is 22.9 Å². The van der Waals surface area contributed by atoms with E-state index in [1.54, 1.807) is 42.8 Å². The average Bonchev–Trinajstić information content (AvgIpc) is 3.76. The van der Waals surface area contributed by atoms with Crippen molar-refractivity contribution < 1.29 is 14.7 Å². The largest absolute Gasteiger partial charge is 0.396 e. The zero-order valence-electron chi connectivity index (χ0n) is 24.2. The molecule has 0 aliphatic carbocycles. The van der Waals surface area contributed by atoms with Gasteiger partial charge in [-0.15, -0.1) is 0 Å². The highest BCUT2D eigenvalue weighted by Crippen LogP contribution is 2.26. The van der Waals surface area contributed by atoms with E-state index >= 15 is 0 Å². The molecule has 0 bridgehead atoms. The highest BCUT2D eigenvalue weighted by Gasteiger charge is 2.31. The number of aromatic nitrogens is 4. The van der Waals surface area contributed by atoms with Crippen molar-refractivity contribution in [2.45, 2.75) is 31.8 Å². The summed E-state index contributed by atoms with van der Waals surface area (Å²) in [5.74, 6) is -0.135. The monoisotopic (exact) mass is 575 g/mol. The minimum Gasteiger partial charge on any atom is -0.396 e. The Labute approximate surface area is 242 Å². The fourth-order valence-electron chi connectivity index (χ4n) is 6.40. The minimum atomic E-state index is -0.301. The van der Waals surface area contributed by atoms with Crippen molar-refractivity contribution >= 4 is 33.6 Å². The molecule has 42 heavy (non-hydrogen) atoms. The topological polar surface area (TPSA) is 140 Å². The van der Waals surface area contributed by atoms with Crippen LogP contribution in [0.5, 0.6) is 0 Å². The third-order valence-corrected chi connectivity index (χ3v) is 9.03. The van der Waals surface area contributed by atoms with Gasteiger partial charge in [0, 0.05) is 81.4 Å². The molecule has 222 valence electrons. The number of carbonyl (C=O) groups is 2. The van der Waals surface area contributed by atoms with E-state index in [1.807, 2.05) is 19.0 Å². The van der Waals surface area contributed by atoms with Crippen LogP contribution in [0.2, 0.25) is 0 Å². The molecule has 2 fully saturated rings. The lowest BCUT2D eigenvalue weighted by Crippen LogP contribution is -2.39. The number of nitrogens with zero attached hydrogens (tertiary/aromatic N) is 5. The van der Waals surface area contributed by atoms with Gasteiger partial charge in [0.05, 0.1) is 17.7 Å². The van der Waals surface area contributed by atoms with E-state index in [1.165, 1.54) is 9.13 Å². The highest BCUT2D eigenvalue weighted by atomic mass is 16.3. The number of aromatic amines is 2. The molecular formula is C30H37N7O5. The van der Waals surface area contributed by atoms with Gasteiger partial charge >= 0.3 is 0 Å². The second-order valence-corrected chi connectivity index (χ2v) is 11.8. The zero-order chi connectivity index (χ0) is 29.7. The molecule has 4 aromatic rings. The smallest absolute Gasteiger partial charge is 0.275 e. The number of likely N-dealkylation sites (tertiary alicyclic amines) is 2. The number of pyridine rings is 2. The molecule has 0 saturated carbocycles. The van der Waals surface area contributed by atoms with E-state index in [4.69, 9.17) is 0 Å². The average molecular weight is 576 g/mol. The molecule has 0 radical (unpaired) electrons. The maximum absolute atomic E-state index is 13.8. The summed E-state index contributed by atoms with van der Waals surface area (Å²) in [5, 5.41) is 10.5. The number of H-pyrrole nitrogens is 2. The molecule has 1 atom stereocenters. The lowest BCUT2D eigenvalue weighted by molar-refractivity contribution is 0.0651. The number of nitrogens with one attached hydrogen (secondary N) is 2. The summed E-state index contributed by atoms with van der Waals surface area (Å²) >= 11 is 0. The Morgan fingerprint density at radius 1 is 0.952 bits per heavy atom. The van der Waals surface area contributed by atoms with Crippen molar-refractivity contribution in [3.63, 3.8) is 0 Å². The predicted molar refractivity (Wildman–Crippen MR) is 159 cm³/mol. The van der Waals surface area contributed by atoms with Gasteiger partial charge in [-0.05, 0) is 50.9 Å². The van der Waals surface area contributed by atoms with E-state index in [9.17, 15) is 24.3 Å². The van der Waals surface area contributed by atoms with Gasteiger partial charge in [-0.2, -0.15) is 0 Å². The summed E-state index contributed by atoms with van der Waals surface area (Å²) in [6.07, 6.45) is 8.80. The normalized spacial score (nSPS) is 18.2. The fraction of sp³-hybridized carbons (Fsp3) is 0.467. The van der Waals surface area contributed by atoms with Crippen LogP contribution in [0.15, 0.2) is 40.4 Å². The summed E-state index contributed by atoms with van der Waals surface area (Å²) in [7, 11) is 5.63. The molecule has 3 N–H and O–H groups in total. The Balaban J connectivity index is 1.40. The van der Waals surface area contributed by atoms with E-state index in [0.29, 0.717) is 64.7 Å². The maximum Gasteiger partial charge on any atom is 0.275 e. The number of amides is 2. The van der Waals surface area contributed by atoms with Gasteiger partial charge in [0.2, 0.25) is 0 Å².